The third kappa shape index (κ3) is 3.40. The number of carbonyl (C=O) groups is 1. The van der Waals surface area contributed by atoms with Crippen molar-refractivity contribution in [3.63, 3.8) is 0 Å². The first-order valence-electron chi connectivity index (χ1n) is 4.72. The standard InChI is InChI=1S/C11H13Cl2NO/c1-3-11(15)14(2)7-8-4-5-9(12)6-10(8)13/h4-6H,3,7H2,1-2H3. The molecule has 0 bridgehead atoms. The number of halogens is 2. The molecule has 0 aromatic heterocycles. The summed E-state index contributed by atoms with van der Waals surface area (Å²) in [6.07, 6.45) is 0.502. The zero-order valence-corrected chi connectivity index (χ0v) is 10.3. The Morgan fingerprint density at radius 2 is 2.07 bits per heavy atom. The van der Waals surface area contributed by atoms with Gasteiger partial charge in [0.1, 0.15) is 0 Å². The number of benzene rings is 1. The molecule has 2 nitrogen and oxygen atoms in total. The third-order valence-corrected chi connectivity index (χ3v) is 2.74. The Balaban J connectivity index is 2.76. The Labute approximate surface area is 99.8 Å². The first kappa shape index (κ1) is 12.3. The number of hydrogen-bond donors (Lipinski definition) is 0. The SMILES string of the molecule is CCC(=O)N(C)Cc1ccc(Cl)cc1Cl. The number of rotatable bonds is 3. The molecule has 0 heterocycles. The van der Waals surface area contributed by atoms with E-state index in [0.29, 0.717) is 23.0 Å². The molecule has 0 unspecified atom stereocenters. The zero-order valence-electron chi connectivity index (χ0n) is 8.76. The molecule has 4 heteroatoms. The summed E-state index contributed by atoms with van der Waals surface area (Å²) in [5.74, 6) is 0.0982. The fourth-order valence-electron chi connectivity index (χ4n) is 1.26. The van der Waals surface area contributed by atoms with Crippen LogP contribution in [-0.2, 0) is 11.3 Å². The van der Waals surface area contributed by atoms with Crippen molar-refractivity contribution in [2.24, 2.45) is 0 Å². The summed E-state index contributed by atoms with van der Waals surface area (Å²) in [6.45, 7) is 2.35. The van der Waals surface area contributed by atoms with Gasteiger partial charge < -0.3 is 4.90 Å². The molecule has 0 saturated carbocycles. The summed E-state index contributed by atoms with van der Waals surface area (Å²) in [5.41, 5.74) is 0.908. The Bertz CT molecular complexity index is 366. The van der Waals surface area contributed by atoms with Gasteiger partial charge in [0, 0.05) is 30.1 Å². The van der Waals surface area contributed by atoms with Gasteiger partial charge in [0.25, 0.3) is 0 Å². The quantitative estimate of drug-likeness (QED) is 0.800. The molecule has 1 amide bonds. The zero-order chi connectivity index (χ0) is 11.4. The lowest BCUT2D eigenvalue weighted by molar-refractivity contribution is -0.130. The van der Waals surface area contributed by atoms with Crippen LogP contribution in [0.3, 0.4) is 0 Å². The first-order chi connectivity index (χ1) is 7.04. The summed E-state index contributed by atoms with van der Waals surface area (Å²) < 4.78 is 0. The van der Waals surface area contributed by atoms with Gasteiger partial charge in [-0.05, 0) is 17.7 Å². The van der Waals surface area contributed by atoms with Gasteiger partial charge in [0.15, 0.2) is 0 Å². The fraction of sp³-hybridized carbons (Fsp3) is 0.364. The highest BCUT2D eigenvalue weighted by atomic mass is 35.5. The molecule has 0 radical (unpaired) electrons. The van der Waals surface area contributed by atoms with Crippen LogP contribution in [-0.4, -0.2) is 17.9 Å². The van der Waals surface area contributed by atoms with Crippen LogP contribution < -0.4 is 0 Å². The molecule has 1 rings (SSSR count). The van der Waals surface area contributed by atoms with Gasteiger partial charge >= 0.3 is 0 Å². The third-order valence-electron chi connectivity index (χ3n) is 2.15. The molecule has 15 heavy (non-hydrogen) atoms. The highest BCUT2D eigenvalue weighted by Crippen LogP contribution is 2.22. The second-order valence-electron chi connectivity index (χ2n) is 3.34. The van der Waals surface area contributed by atoms with E-state index in [1.165, 1.54) is 0 Å². The van der Waals surface area contributed by atoms with E-state index in [-0.39, 0.29) is 5.91 Å². The molecule has 0 aliphatic heterocycles. The van der Waals surface area contributed by atoms with Crippen molar-refractivity contribution in [1.82, 2.24) is 4.90 Å². The molecule has 82 valence electrons. The topological polar surface area (TPSA) is 20.3 Å². The Morgan fingerprint density at radius 1 is 1.40 bits per heavy atom. The van der Waals surface area contributed by atoms with E-state index in [2.05, 4.69) is 0 Å². The normalized spacial score (nSPS) is 10.1. The molecule has 0 saturated heterocycles. The minimum absolute atomic E-state index is 0.0982. The van der Waals surface area contributed by atoms with E-state index < -0.39 is 0 Å². The maximum atomic E-state index is 11.4. The smallest absolute Gasteiger partial charge is 0.222 e. The van der Waals surface area contributed by atoms with Crippen molar-refractivity contribution in [2.45, 2.75) is 19.9 Å². The highest BCUT2D eigenvalue weighted by molar-refractivity contribution is 6.35. The highest BCUT2D eigenvalue weighted by Gasteiger charge is 2.08. The lowest BCUT2D eigenvalue weighted by Crippen LogP contribution is -2.25. The van der Waals surface area contributed by atoms with Gasteiger partial charge in [-0.25, -0.2) is 0 Å². The Kier molecular flexibility index (Phi) is 4.43. The monoisotopic (exact) mass is 245 g/mol. The van der Waals surface area contributed by atoms with E-state index in [0.717, 1.165) is 5.56 Å². The maximum absolute atomic E-state index is 11.4. The van der Waals surface area contributed by atoms with Crippen LogP contribution in [0.2, 0.25) is 10.0 Å². The molecular weight excluding hydrogens is 233 g/mol. The lowest BCUT2D eigenvalue weighted by atomic mass is 10.2. The molecule has 0 fully saturated rings. The predicted octanol–water partition coefficient (Wildman–Crippen LogP) is 3.36. The van der Waals surface area contributed by atoms with E-state index in [1.54, 1.807) is 24.1 Å². The van der Waals surface area contributed by atoms with E-state index in [4.69, 9.17) is 23.2 Å². The van der Waals surface area contributed by atoms with Gasteiger partial charge in [-0.1, -0.05) is 36.2 Å². The average molecular weight is 246 g/mol. The maximum Gasteiger partial charge on any atom is 0.222 e. The van der Waals surface area contributed by atoms with Crippen LogP contribution in [0.25, 0.3) is 0 Å². The number of amides is 1. The lowest BCUT2D eigenvalue weighted by Gasteiger charge is -2.17. The van der Waals surface area contributed by atoms with E-state index in [9.17, 15) is 4.79 Å². The Hall–Kier alpha value is -0.730. The van der Waals surface area contributed by atoms with Crippen LogP contribution in [0.5, 0.6) is 0 Å². The van der Waals surface area contributed by atoms with Crippen molar-refractivity contribution in [2.75, 3.05) is 7.05 Å². The summed E-state index contributed by atoms with van der Waals surface area (Å²) in [6, 6.07) is 5.29. The van der Waals surface area contributed by atoms with Gasteiger partial charge in [0.05, 0.1) is 0 Å². The molecule has 0 aliphatic rings. The van der Waals surface area contributed by atoms with Gasteiger partial charge in [-0.2, -0.15) is 0 Å². The van der Waals surface area contributed by atoms with Gasteiger partial charge in [-0.3, -0.25) is 4.79 Å². The average Bonchev–Trinajstić information content (AvgIpc) is 2.20. The van der Waals surface area contributed by atoms with Crippen LogP contribution in [0.15, 0.2) is 18.2 Å². The molecule has 0 aliphatic carbocycles. The summed E-state index contributed by atoms with van der Waals surface area (Å²) >= 11 is 11.8. The van der Waals surface area contributed by atoms with Gasteiger partial charge in [-0.15, -0.1) is 0 Å². The predicted molar refractivity (Wildman–Crippen MR) is 63.2 cm³/mol. The second-order valence-corrected chi connectivity index (χ2v) is 4.18. The Morgan fingerprint density at radius 3 is 2.60 bits per heavy atom. The van der Waals surface area contributed by atoms with Crippen LogP contribution in [0.4, 0.5) is 0 Å². The summed E-state index contributed by atoms with van der Waals surface area (Å²) in [5, 5.41) is 1.20. The summed E-state index contributed by atoms with van der Waals surface area (Å²) in [7, 11) is 1.76. The van der Waals surface area contributed by atoms with Gasteiger partial charge in [0.2, 0.25) is 5.91 Å². The van der Waals surface area contributed by atoms with Crippen molar-refractivity contribution in [3.05, 3.63) is 33.8 Å². The molecule has 0 N–H and O–H groups in total. The van der Waals surface area contributed by atoms with Crippen molar-refractivity contribution < 1.29 is 4.79 Å². The number of nitrogens with zero attached hydrogens (tertiary/aromatic N) is 1. The minimum Gasteiger partial charge on any atom is -0.341 e. The van der Waals surface area contributed by atoms with E-state index >= 15 is 0 Å². The molecule has 0 atom stereocenters. The van der Waals surface area contributed by atoms with Crippen molar-refractivity contribution in [1.29, 1.82) is 0 Å². The van der Waals surface area contributed by atoms with E-state index in [1.807, 2.05) is 13.0 Å². The molecule has 1 aromatic carbocycles. The number of hydrogen-bond acceptors (Lipinski definition) is 1. The van der Waals surface area contributed by atoms with Crippen LogP contribution >= 0.6 is 23.2 Å². The minimum atomic E-state index is 0.0982. The number of carbonyl (C=O) groups excluding carboxylic acids is 1. The summed E-state index contributed by atoms with van der Waals surface area (Å²) in [4.78, 5) is 13.0. The molecule has 0 spiro atoms. The van der Waals surface area contributed by atoms with Crippen molar-refractivity contribution >= 4 is 29.1 Å². The van der Waals surface area contributed by atoms with Crippen LogP contribution in [0, 0.1) is 0 Å². The van der Waals surface area contributed by atoms with Crippen molar-refractivity contribution in [3.8, 4) is 0 Å². The fourth-order valence-corrected chi connectivity index (χ4v) is 1.73. The van der Waals surface area contributed by atoms with Crippen LogP contribution in [0.1, 0.15) is 18.9 Å². The molecule has 1 aromatic rings. The largest absolute Gasteiger partial charge is 0.341 e. The first-order valence-corrected chi connectivity index (χ1v) is 5.48. The second kappa shape index (κ2) is 5.38. The molecular formula is C11H13Cl2NO.